The van der Waals surface area contributed by atoms with Crippen LogP contribution >= 0.6 is 0 Å². The molecule has 1 aromatic heterocycles. The average molecular weight is 240 g/mol. The largest absolute Gasteiger partial charge is 0.342 e. The summed E-state index contributed by atoms with van der Waals surface area (Å²) in [6.07, 6.45) is 0.739. The highest BCUT2D eigenvalue weighted by Crippen LogP contribution is 2.16. The van der Waals surface area contributed by atoms with Gasteiger partial charge in [-0.05, 0) is 36.2 Å². The van der Waals surface area contributed by atoms with Crippen molar-refractivity contribution >= 4 is 11.0 Å². The topological polar surface area (TPSA) is 28.7 Å². The molecular weight excluding hydrogens is 227 g/mol. The van der Waals surface area contributed by atoms with Gasteiger partial charge in [0.15, 0.2) is 0 Å². The Kier molecular flexibility index (Phi) is 2.59. The third-order valence-corrected chi connectivity index (χ3v) is 3.11. The highest BCUT2D eigenvalue weighted by atomic mass is 19.1. The van der Waals surface area contributed by atoms with E-state index in [1.807, 2.05) is 12.1 Å². The number of aromatic nitrogens is 2. The summed E-state index contributed by atoms with van der Waals surface area (Å²) in [5, 5.41) is 0. The van der Waals surface area contributed by atoms with Gasteiger partial charge in [-0.1, -0.05) is 24.3 Å². The van der Waals surface area contributed by atoms with Gasteiger partial charge in [-0.15, -0.1) is 0 Å². The Morgan fingerprint density at radius 1 is 1.17 bits per heavy atom. The fourth-order valence-corrected chi connectivity index (χ4v) is 2.11. The van der Waals surface area contributed by atoms with E-state index in [1.165, 1.54) is 23.3 Å². The van der Waals surface area contributed by atoms with E-state index in [1.54, 1.807) is 6.07 Å². The van der Waals surface area contributed by atoms with Crippen LogP contribution < -0.4 is 0 Å². The van der Waals surface area contributed by atoms with Crippen molar-refractivity contribution in [2.45, 2.75) is 13.3 Å². The zero-order valence-electron chi connectivity index (χ0n) is 10.1. The molecule has 0 aliphatic heterocycles. The molecule has 1 heterocycles. The second-order valence-corrected chi connectivity index (χ2v) is 4.45. The molecule has 18 heavy (non-hydrogen) atoms. The molecule has 3 heteroatoms. The molecule has 0 fully saturated rings. The van der Waals surface area contributed by atoms with Crippen LogP contribution in [-0.4, -0.2) is 9.97 Å². The van der Waals surface area contributed by atoms with E-state index in [4.69, 9.17) is 0 Å². The van der Waals surface area contributed by atoms with Crippen molar-refractivity contribution in [2.24, 2.45) is 0 Å². The fourth-order valence-electron chi connectivity index (χ4n) is 2.11. The lowest BCUT2D eigenvalue weighted by atomic mass is 10.1. The van der Waals surface area contributed by atoms with E-state index in [0.29, 0.717) is 0 Å². The van der Waals surface area contributed by atoms with Crippen molar-refractivity contribution in [3.63, 3.8) is 0 Å². The maximum Gasteiger partial charge on any atom is 0.125 e. The molecule has 90 valence electrons. The molecule has 0 atom stereocenters. The van der Waals surface area contributed by atoms with Gasteiger partial charge in [0, 0.05) is 6.42 Å². The predicted octanol–water partition coefficient (Wildman–Crippen LogP) is 3.60. The first-order valence-electron chi connectivity index (χ1n) is 5.91. The third kappa shape index (κ3) is 1.99. The van der Waals surface area contributed by atoms with Crippen molar-refractivity contribution in [3.05, 3.63) is 65.2 Å². The first kappa shape index (κ1) is 11.0. The lowest BCUT2D eigenvalue weighted by Gasteiger charge is -2.02. The van der Waals surface area contributed by atoms with Gasteiger partial charge in [0.2, 0.25) is 0 Å². The zero-order valence-corrected chi connectivity index (χ0v) is 10.1. The maximum absolute atomic E-state index is 13.1. The summed E-state index contributed by atoms with van der Waals surface area (Å²) in [7, 11) is 0. The summed E-state index contributed by atoms with van der Waals surface area (Å²) in [6, 6.07) is 12.8. The Labute approximate surface area is 104 Å². The van der Waals surface area contributed by atoms with Gasteiger partial charge in [0.25, 0.3) is 0 Å². The molecule has 0 saturated heterocycles. The van der Waals surface area contributed by atoms with Crippen LogP contribution in [0, 0.1) is 12.7 Å². The molecule has 0 radical (unpaired) electrons. The van der Waals surface area contributed by atoms with Crippen LogP contribution in [0.4, 0.5) is 4.39 Å². The Morgan fingerprint density at radius 3 is 2.83 bits per heavy atom. The zero-order chi connectivity index (χ0) is 12.5. The van der Waals surface area contributed by atoms with Crippen LogP contribution in [0.5, 0.6) is 0 Å². The SMILES string of the molecule is Cc1ccccc1Cc1nc2ccc(F)cc2[nH]1. The Hall–Kier alpha value is -2.16. The summed E-state index contributed by atoms with van der Waals surface area (Å²) in [5.74, 6) is 0.624. The number of rotatable bonds is 2. The molecule has 2 aromatic carbocycles. The van der Waals surface area contributed by atoms with Crippen molar-refractivity contribution in [2.75, 3.05) is 0 Å². The quantitative estimate of drug-likeness (QED) is 0.728. The van der Waals surface area contributed by atoms with Gasteiger partial charge in [0.1, 0.15) is 11.6 Å². The lowest BCUT2D eigenvalue weighted by molar-refractivity contribution is 0.629. The van der Waals surface area contributed by atoms with Gasteiger partial charge in [-0.3, -0.25) is 0 Å². The molecule has 1 N–H and O–H groups in total. The minimum atomic E-state index is -0.242. The number of nitrogens with one attached hydrogen (secondary N) is 1. The minimum absolute atomic E-state index is 0.242. The minimum Gasteiger partial charge on any atom is -0.342 e. The number of aryl methyl sites for hydroxylation is 1. The first-order valence-corrected chi connectivity index (χ1v) is 5.91. The molecule has 0 unspecified atom stereocenters. The van der Waals surface area contributed by atoms with E-state index < -0.39 is 0 Å². The summed E-state index contributed by atoms with van der Waals surface area (Å²) < 4.78 is 13.1. The third-order valence-electron chi connectivity index (χ3n) is 3.11. The maximum atomic E-state index is 13.1. The van der Waals surface area contributed by atoms with Crippen molar-refractivity contribution < 1.29 is 4.39 Å². The van der Waals surface area contributed by atoms with Crippen molar-refractivity contribution in [3.8, 4) is 0 Å². The Bertz CT molecular complexity index is 701. The number of benzene rings is 2. The number of imidazole rings is 1. The van der Waals surface area contributed by atoms with E-state index in [0.717, 1.165) is 23.3 Å². The number of H-pyrrole nitrogens is 1. The average Bonchev–Trinajstić information content (AvgIpc) is 2.73. The second-order valence-electron chi connectivity index (χ2n) is 4.45. The van der Waals surface area contributed by atoms with Crippen LogP contribution in [0.15, 0.2) is 42.5 Å². The fraction of sp³-hybridized carbons (Fsp3) is 0.133. The van der Waals surface area contributed by atoms with Crippen molar-refractivity contribution in [1.82, 2.24) is 9.97 Å². The predicted molar refractivity (Wildman–Crippen MR) is 70.0 cm³/mol. The number of hydrogen-bond acceptors (Lipinski definition) is 1. The van der Waals surface area contributed by atoms with E-state index >= 15 is 0 Å². The van der Waals surface area contributed by atoms with Gasteiger partial charge >= 0.3 is 0 Å². The molecule has 0 bridgehead atoms. The number of aromatic amines is 1. The normalized spacial score (nSPS) is 11.0. The van der Waals surface area contributed by atoms with Crippen molar-refractivity contribution in [1.29, 1.82) is 0 Å². The van der Waals surface area contributed by atoms with Crippen LogP contribution in [0.3, 0.4) is 0 Å². The molecule has 3 aromatic rings. The molecule has 0 aliphatic carbocycles. The van der Waals surface area contributed by atoms with Gasteiger partial charge in [-0.25, -0.2) is 9.37 Å². The van der Waals surface area contributed by atoms with Crippen LogP contribution in [0.25, 0.3) is 11.0 Å². The number of fused-ring (bicyclic) bond motifs is 1. The highest BCUT2D eigenvalue weighted by molar-refractivity contribution is 5.75. The smallest absolute Gasteiger partial charge is 0.125 e. The molecule has 2 nitrogen and oxygen atoms in total. The summed E-state index contributed by atoms with van der Waals surface area (Å²) in [4.78, 5) is 7.63. The number of nitrogens with zero attached hydrogens (tertiary/aromatic N) is 1. The number of halogens is 1. The second kappa shape index (κ2) is 4.26. The first-order chi connectivity index (χ1) is 8.72. The summed E-state index contributed by atoms with van der Waals surface area (Å²) >= 11 is 0. The molecule has 0 saturated carbocycles. The molecular formula is C15H13FN2. The molecule has 0 aliphatic rings. The lowest BCUT2D eigenvalue weighted by Crippen LogP contribution is -1.93. The van der Waals surface area contributed by atoms with Gasteiger partial charge < -0.3 is 4.98 Å². The monoisotopic (exact) mass is 240 g/mol. The highest BCUT2D eigenvalue weighted by Gasteiger charge is 2.05. The van der Waals surface area contributed by atoms with E-state index in [-0.39, 0.29) is 5.82 Å². The van der Waals surface area contributed by atoms with E-state index in [9.17, 15) is 4.39 Å². The Balaban J connectivity index is 1.98. The van der Waals surface area contributed by atoms with Gasteiger partial charge in [0.05, 0.1) is 11.0 Å². The summed E-state index contributed by atoms with van der Waals surface area (Å²) in [6.45, 7) is 2.08. The van der Waals surface area contributed by atoms with E-state index in [2.05, 4.69) is 29.0 Å². The van der Waals surface area contributed by atoms with Crippen LogP contribution in [0.1, 0.15) is 17.0 Å². The summed E-state index contributed by atoms with van der Waals surface area (Å²) in [5.41, 5.74) is 4.03. The van der Waals surface area contributed by atoms with Crippen LogP contribution in [-0.2, 0) is 6.42 Å². The molecule has 3 rings (SSSR count). The van der Waals surface area contributed by atoms with Crippen LogP contribution in [0.2, 0.25) is 0 Å². The standard InChI is InChI=1S/C15H13FN2/c1-10-4-2-3-5-11(10)8-15-17-13-7-6-12(16)9-14(13)18-15/h2-7,9H,8H2,1H3,(H,17,18). The van der Waals surface area contributed by atoms with Gasteiger partial charge in [-0.2, -0.15) is 0 Å². The molecule has 0 spiro atoms. The Morgan fingerprint density at radius 2 is 2.00 bits per heavy atom. The number of hydrogen-bond donors (Lipinski definition) is 1. The molecule has 0 amide bonds.